The number of nitrogens with zero attached hydrogens (tertiary/aromatic N) is 4. The number of amides is 1. The number of rotatable bonds is 5. The number of nitro groups is 1. The molecule has 2 heterocycles. The largest absolute Gasteiger partial charge is 0.420 e. The van der Waals surface area contributed by atoms with Crippen LogP contribution in [0.25, 0.3) is 17.5 Å². The minimum atomic E-state index is -0.463. The molecule has 1 aliphatic heterocycles. The van der Waals surface area contributed by atoms with Gasteiger partial charge in [0.25, 0.3) is 5.69 Å². The van der Waals surface area contributed by atoms with Crippen molar-refractivity contribution in [2.75, 3.05) is 13.1 Å². The highest BCUT2D eigenvalue weighted by Crippen LogP contribution is 2.29. The van der Waals surface area contributed by atoms with Gasteiger partial charge < -0.3 is 9.32 Å². The first-order valence-corrected chi connectivity index (χ1v) is 9.80. The summed E-state index contributed by atoms with van der Waals surface area (Å²) in [5, 5.41) is 18.9. The predicted molar refractivity (Wildman–Crippen MR) is 110 cm³/mol. The molecule has 1 amide bonds. The molecule has 0 unspecified atom stereocenters. The third kappa shape index (κ3) is 4.82. The number of benzene rings is 2. The van der Waals surface area contributed by atoms with Crippen molar-refractivity contribution in [2.24, 2.45) is 0 Å². The monoisotopic (exact) mass is 422 g/mol. The summed E-state index contributed by atoms with van der Waals surface area (Å²) in [4.78, 5) is 24.4. The molecule has 1 aromatic heterocycles. The molecular weight excluding hydrogens is 403 g/mol. The minimum Gasteiger partial charge on any atom is -0.420 e. The first kappa shape index (κ1) is 20.4. The van der Waals surface area contributed by atoms with Gasteiger partial charge in [0.1, 0.15) is 5.82 Å². The molecule has 0 atom stereocenters. The molecule has 8 nitrogen and oxygen atoms in total. The first-order valence-electron chi connectivity index (χ1n) is 9.80. The second-order valence-corrected chi connectivity index (χ2v) is 7.23. The van der Waals surface area contributed by atoms with Crippen molar-refractivity contribution in [3.63, 3.8) is 0 Å². The van der Waals surface area contributed by atoms with Gasteiger partial charge in [0.15, 0.2) is 0 Å². The molecule has 0 bridgehead atoms. The van der Waals surface area contributed by atoms with E-state index in [1.54, 1.807) is 35.2 Å². The van der Waals surface area contributed by atoms with Crippen molar-refractivity contribution in [1.29, 1.82) is 0 Å². The Balaban J connectivity index is 1.32. The van der Waals surface area contributed by atoms with Crippen molar-refractivity contribution in [1.82, 2.24) is 15.1 Å². The van der Waals surface area contributed by atoms with Crippen LogP contribution in [0.5, 0.6) is 0 Å². The molecule has 9 heteroatoms. The molecule has 4 rings (SSSR count). The van der Waals surface area contributed by atoms with Gasteiger partial charge in [-0.2, -0.15) is 0 Å². The number of piperidine rings is 1. The van der Waals surface area contributed by atoms with E-state index in [0.717, 1.165) is 0 Å². The zero-order valence-electron chi connectivity index (χ0n) is 16.5. The molecule has 2 aromatic carbocycles. The van der Waals surface area contributed by atoms with Crippen LogP contribution < -0.4 is 0 Å². The number of aromatic nitrogens is 2. The number of hydrogen-bond donors (Lipinski definition) is 0. The van der Waals surface area contributed by atoms with Crippen LogP contribution in [0.2, 0.25) is 0 Å². The quantitative estimate of drug-likeness (QED) is 0.347. The van der Waals surface area contributed by atoms with Gasteiger partial charge in [-0.25, -0.2) is 4.39 Å². The van der Waals surface area contributed by atoms with E-state index in [-0.39, 0.29) is 23.3 Å². The highest BCUT2D eigenvalue weighted by Gasteiger charge is 2.26. The lowest BCUT2D eigenvalue weighted by Crippen LogP contribution is -2.36. The van der Waals surface area contributed by atoms with E-state index >= 15 is 0 Å². The average molecular weight is 422 g/mol. The Labute approximate surface area is 177 Å². The third-order valence-corrected chi connectivity index (χ3v) is 5.21. The van der Waals surface area contributed by atoms with Crippen LogP contribution in [-0.4, -0.2) is 39.0 Å². The number of likely N-dealkylation sites (tertiary alicyclic amines) is 1. The number of nitro benzene ring substituents is 1. The lowest BCUT2D eigenvalue weighted by molar-refractivity contribution is -0.384. The summed E-state index contributed by atoms with van der Waals surface area (Å²) in [6.07, 6.45) is 4.51. The van der Waals surface area contributed by atoms with E-state index in [4.69, 9.17) is 4.42 Å². The van der Waals surface area contributed by atoms with E-state index in [2.05, 4.69) is 10.2 Å². The summed E-state index contributed by atoms with van der Waals surface area (Å²) in [6, 6.07) is 11.9. The van der Waals surface area contributed by atoms with Gasteiger partial charge in [-0.05, 0) is 60.9 Å². The second-order valence-electron chi connectivity index (χ2n) is 7.23. The molecular formula is C22H19FN4O4. The van der Waals surface area contributed by atoms with Crippen molar-refractivity contribution < 1.29 is 18.5 Å². The second kappa shape index (κ2) is 8.86. The molecule has 0 N–H and O–H groups in total. The van der Waals surface area contributed by atoms with Crippen LogP contribution in [0.15, 0.2) is 59.0 Å². The van der Waals surface area contributed by atoms with E-state index in [0.29, 0.717) is 48.8 Å². The van der Waals surface area contributed by atoms with Gasteiger partial charge >= 0.3 is 0 Å². The third-order valence-electron chi connectivity index (χ3n) is 5.21. The van der Waals surface area contributed by atoms with Gasteiger partial charge in [0, 0.05) is 42.8 Å². The Morgan fingerprint density at radius 1 is 1.10 bits per heavy atom. The maximum atomic E-state index is 13.1. The van der Waals surface area contributed by atoms with Crippen LogP contribution in [0.1, 0.15) is 30.2 Å². The van der Waals surface area contributed by atoms with Crippen molar-refractivity contribution in [3.8, 4) is 11.5 Å². The number of carbonyl (C=O) groups is 1. The summed E-state index contributed by atoms with van der Waals surface area (Å²) >= 11 is 0. The molecule has 1 fully saturated rings. The fraction of sp³-hybridized carbons (Fsp3) is 0.227. The Morgan fingerprint density at radius 2 is 1.77 bits per heavy atom. The Bertz CT molecular complexity index is 1100. The maximum absolute atomic E-state index is 13.1. The van der Waals surface area contributed by atoms with Gasteiger partial charge in [-0.3, -0.25) is 14.9 Å². The van der Waals surface area contributed by atoms with Crippen LogP contribution >= 0.6 is 0 Å². The molecule has 0 radical (unpaired) electrons. The fourth-order valence-corrected chi connectivity index (χ4v) is 3.44. The normalized spacial score (nSPS) is 14.8. The summed E-state index contributed by atoms with van der Waals surface area (Å²) in [5.41, 5.74) is 1.38. The molecule has 31 heavy (non-hydrogen) atoms. The van der Waals surface area contributed by atoms with E-state index < -0.39 is 4.92 Å². The lowest BCUT2D eigenvalue weighted by Gasteiger charge is -2.29. The Morgan fingerprint density at radius 3 is 2.42 bits per heavy atom. The Kier molecular flexibility index (Phi) is 5.83. The summed E-state index contributed by atoms with van der Waals surface area (Å²) in [6.45, 7) is 1.12. The minimum absolute atomic E-state index is 0.00848. The van der Waals surface area contributed by atoms with E-state index in [1.807, 2.05) is 0 Å². The number of halogens is 1. The van der Waals surface area contributed by atoms with Crippen molar-refractivity contribution in [2.45, 2.75) is 18.8 Å². The van der Waals surface area contributed by atoms with Crippen LogP contribution in [0.3, 0.4) is 0 Å². The molecule has 0 aliphatic carbocycles. The molecule has 3 aromatic rings. The average Bonchev–Trinajstić information content (AvgIpc) is 3.28. The SMILES string of the molecule is O=C(C=Cc1ccc([N+](=O)[O-])cc1)N1CCC(c2nnc(-c3ccc(F)cc3)o2)CC1. The number of hydrogen-bond acceptors (Lipinski definition) is 6. The van der Waals surface area contributed by atoms with Crippen LogP contribution in [0.4, 0.5) is 10.1 Å². The van der Waals surface area contributed by atoms with E-state index in [1.165, 1.54) is 30.3 Å². The summed E-state index contributed by atoms with van der Waals surface area (Å²) in [7, 11) is 0. The fourth-order valence-electron chi connectivity index (χ4n) is 3.44. The van der Waals surface area contributed by atoms with E-state index in [9.17, 15) is 19.3 Å². The van der Waals surface area contributed by atoms with Crippen LogP contribution in [0, 0.1) is 15.9 Å². The van der Waals surface area contributed by atoms with Crippen LogP contribution in [-0.2, 0) is 4.79 Å². The standard InChI is InChI=1S/C22H19FN4O4/c23-18-6-4-16(5-7-18)21-24-25-22(31-21)17-11-13-26(14-12-17)20(28)10-3-15-1-8-19(9-2-15)27(29)30/h1-10,17H,11-14H2. The lowest BCUT2D eigenvalue weighted by atomic mass is 9.97. The smallest absolute Gasteiger partial charge is 0.269 e. The molecule has 158 valence electrons. The highest BCUT2D eigenvalue weighted by atomic mass is 19.1. The molecule has 0 saturated carbocycles. The van der Waals surface area contributed by atoms with Gasteiger partial charge in [-0.1, -0.05) is 0 Å². The van der Waals surface area contributed by atoms with Gasteiger partial charge in [0.2, 0.25) is 17.7 Å². The Hall–Kier alpha value is -3.88. The zero-order valence-corrected chi connectivity index (χ0v) is 16.5. The van der Waals surface area contributed by atoms with Crippen molar-refractivity contribution >= 4 is 17.7 Å². The zero-order chi connectivity index (χ0) is 21.8. The topological polar surface area (TPSA) is 102 Å². The number of non-ortho nitro benzene ring substituents is 1. The molecule has 1 saturated heterocycles. The molecule has 1 aliphatic rings. The predicted octanol–water partition coefficient (Wildman–Crippen LogP) is 4.20. The number of carbonyl (C=O) groups excluding carboxylic acids is 1. The maximum Gasteiger partial charge on any atom is 0.269 e. The van der Waals surface area contributed by atoms with Crippen molar-refractivity contribution in [3.05, 3.63) is 82.0 Å². The van der Waals surface area contributed by atoms with Gasteiger partial charge in [-0.15, -0.1) is 10.2 Å². The first-order chi connectivity index (χ1) is 15.0. The summed E-state index contributed by atoms with van der Waals surface area (Å²) < 4.78 is 18.8. The van der Waals surface area contributed by atoms with Gasteiger partial charge in [0.05, 0.1) is 4.92 Å². The highest BCUT2D eigenvalue weighted by molar-refractivity contribution is 5.91. The summed E-state index contributed by atoms with van der Waals surface area (Å²) in [5.74, 6) is 0.481. The molecule has 0 spiro atoms.